The van der Waals surface area contributed by atoms with Crippen LogP contribution in [0.5, 0.6) is 11.5 Å². The number of nitrogens with two attached hydrogens (primary N) is 2. The molecule has 82 valence electrons. The van der Waals surface area contributed by atoms with Crippen molar-refractivity contribution >= 4 is 0 Å². The van der Waals surface area contributed by atoms with E-state index >= 15 is 0 Å². The first-order valence-corrected chi connectivity index (χ1v) is 5.08. The van der Waals surface area contributed by atoms with Crippen LogP contribution in [0.4, 0.5) is 0 Å². The molecule has 4 heteroatoms. The predicted molar refractivity (Wildman–Crippen MR) is 57.9 cm³/mol. The summed E-state index contributed by atoms with van der Waals surface area (Å²) in [4.78, 5) is 0. The van der Waals surface area contributed by atoms with E-state index in [1.807, 2.05) is 19.1 Å². The number of hydrogen-bond acceptors (Lipinski definition) is 4. The lowest BCUT2D eigenvalue weighted by Crippen LogP contribution is -2.16. The van der Waals surface area contributed by atoms with Crippen LogP contribution in [0, 0.1) is 6.92 Å². The van der Waals surface area contributed by atoms with E-state index in [1.165, 1.54) is 0 Å². The Hall–Kier alpha value is -1.26. The van der Waals surface area contributed by atoms with Crippen molar-refractivity contribution in [2.45, 2.75) is 19.4 Å². The molecule has 2 rings (SSSR count). The summed E-state index contributed by atoms with van der Waals surface area (Å²) < 4.78 is 10.6. The Balaban J connectivity index is 2.31. The van der Waals surface area contributed by atoms with Crippen molar-refractivity contribution in [3.63, 3.8) is 0 Å². The van der Waals surface area contributed by atoms with Crippen LogP contribution in [0.2, 0.25) is 0 Å². The molecule has 4 nitrogen and oxygen atoms in total. The van der Waals surface area contributed by atoms with Crippen molar-refractivity contribution in [3.8, 4) is 11.5 Å². The first-order valence-electron chi connectivity index (χ1n) is 5.08. The highest BCUT2D eigenvalue weighted by Crippen LogP contribution is 2.36. The lowest BCUT2D eigenvalue weighted by molar-refractivity contribution is 0.174. The second kappa shape index (κ2) is 4.08. The minimum atomic E-state index is -0.0236. The van der Waals surface area contributed by atoms with E-state index in [9.17, 15) is 0 Å². The third-order valence-electron chi connectivity index (χ3n) is 2.64. The quantitative estimate of drug-likeness (QED) is 0.779. The molecule has 15 heavy (non-hydrogen) atoms. The van der Waals surface area contributed by atoms with Gasteiger partial charge in [0.1, 0.15) is 0 Å². The second-order valence-corrected chi connectivity index (χ2v) is 3.75. The third kappa shape index (κ3) is 1.91. The smallest absolute Gasteiger partial charge is 0.231 e. The molecule has 1 unspecified atom stereocenters. The fraction of sp³-hybridized carbons (Fsp3) is 0.455. The number of fused-ring (bicyclic) bond motifs is 1. The molecule has 0 aromatic heterocycles. The SMILES string of the molecule is Cc1cc2c(cc1C(N)CCN)OCO2. The number of aryl methyl sites for hydroxylation is 1. The number of benzene rings is 1. The zero-order valence-electron chi connectivity index (χ0n) is 8.82. The summed E-state index contributed by atoms with van der Waals surface area (Å²) >= 11 is 0. The molecule has 0 spiro atoms. The van der Waals surface area contributed by atoms with Gasteiger partial charge in [-0.1, -0.05) is 0 Å². The van der Waals surface area contributed by atoms with Gasteiger partial charge in [-0.15, -0.1) is 0 Å². The average Bonchev–Trinajstić information content (AvgIpc) is 2.63. The average molecular weight is 208 g/mol. The zero-order chi connectivity index (χ0) is 10.8. The highest BCUT2D eigenvalue weighted by Gasteiger charge is 2.18. The van der Waals surface area contributed by atoms with Gasteiger partial charge in [0, 0.05) is 6.04 Å². The number of rotatable bonds is 3. The molecule has 1 atom stereocenters. The Morgan fingerprint density at radius 3 is 2.67 bits per heavy atom. The molecule has 1 aromatic rings. The standard InChI is InChI=1S/C11H16N2O2/c1-7-4-10-11(15-6-14-10)5-8(7)9(13)2-3-12/h4-5,9H,2-3,6,12-13H2,1H3. The summed E-state index contributed by atoms with van der Waals surface area (Å²) in [5.74, 6) is 1.58. The van der Waals surface area contributed by atoms with Crippen LogP contribution in [-0.4, -0.2) is 13.3 Å². The molecule has 1 aliphatic heterocycles. The summed E-state index contributed by atoms with van der Waals surface area (Å²) in [5, 5.41) is 0. The minimum Gasteiger partial charge on any atom is -0.454 e. The van der Waals surface area contributed by atoms with Crippen LogP contribution in [0.3, 0.4) is 0 Å². The Morgan fingerprint density at radius 1 is 1.33 bits per heavy atom. The predicted octanol–water partition coefficient (Wildman–Crippen LogP) is 1.07. The van der Waals surface area contributed by atoms with E-state index in [2.05, 4.69) is 0 Å². The van der Waals surface area contributed by atoms with Crippen LogP contribution >= 0.6 is 0 Å². The van der Waals surface area contributed by atoms with Gasteiger partial charge in [0.2, 0.25) is 6.79 Å². The van der Waals surface area contributed by atoms with Crippen LogP contribution in [0.25, 0.3) is 0 Å². The van der Waals surface area contributed by atoms with Crippen LogP contribution in [0.15, 0.2) is 12.1 Å². The topological polar surface area (TPSA) is 70.5 Å². The summed E-state index contributed by atoms with van der Waals surface area (Å²) in [5.41, 5.74) is 13.7. The summed E-state index contributed by atoms with van der Waals surface area (Å²) in [7, 11) is 0. The Bertz CT molecular complexity index is 366. The monoisotopic (exact) mass is 208 g/mol. The lowest BCUT2D eigenvalue weighted by atomic mass is 9.99. The molecule has 0 fully saturated rings. The van der Waals surface area contributed by atoms with E-state index in [1.54, 1.807) is 0 Å². The third-order valence-corrected chi connectivity index (χ3v) is 2.64. The van der Waals surface area contributed by atoms with Gasteiger partial charge in [-0.3, -0.25) is 0 Å². The molecule has 0 saturated heterocycles. The van der Waals surface area contributed by atoms with E-state index in [4.69, 9.17) is 20.9 Å². The van der Waals surface area contributed by atoms with Gasteiger partial charge in [-0.25, -0.2) is 0 Å². The highest BCUT2D eigenvalue weighted by atomic mass is 16.7. The van der Waals surface area contributed by atoms with E-state index in [0.717, 1.165) is 29.0 Å². The van der Waals surface area contributed by atoms with Gasteiger partial charge in [0.05, 0.1) is 0 Å². The molecule has 0 radical (unpaired) electrons. The zero-order valence-corrected chi connectivity index (χ0v) is 8.82. The van der Waals surface area contributed by atoms with E-state index in [-0.39, 0.29) is 6.04 Å². The van der Waals surface area contributed by atoms with E-state index in [0.29, 0.717) is 13.3 Å². The first kappa shape index (κ1) is 10.3. The largest absolute Gasteiger partial charge is 0.454 e. The number of hydrogen-bond donors (Lipinski definition) is 2. The molecule has 0 saturated carbocycles. The minimum absolute atomic E-state index is 0.0236. The maximum Gasteiger partial charge on any atom is 0.231 e. The first-order chi connectivity index (χ1) is 7.22. The highest BCUT2D eigenvalue weighted by molar-refractivity contribution is 5.49. The van der Waals surface area contributed by atoms with Crippen molar-refractivity contribution in [2.75, 3.05) is 13.3 Å². The molecule has 4 N–H and O–H groups in total. The fourth-order valence-corrected chi connectivity index (χ4v) is 1.79. The molecule has 1 aliphatic rings. The molecule has 0 amide bonds. The van der Waals surface area contributed by atoms with E-state index < -0.39 is 0 Å². The van der Waals surface area contributed by atoms with Gasteiger partial charge in [-0.2, -0.15) is 0 Å². The Labute approximate surface area is 89.2 Å². The Kier molecular flexibility index (Phi) is 2.79. The maximum absolute atomic E-state index is 6.02. The van der Waals surface area contributed by atoms with Gasteiger partial charge in [0.15, 0.2) is 11.5 Å². The molecular formula is C11H16N2O2. The molecular weight excluding hydrogens is 192 g/mol. The summed E-state index contributed by atoms with van der Waals surface area (Å²) in [6.07, 6.45) is 0.778. The van der Waals surface area contributed by atoms with Crippen molar-refractivity contribution in [3.05, 3.63) is 23.3 Å². The molecule has 0 bridgehead atoms. The van der Waals surface area contributed by atoms with Crippen LogP contribution < -0.4 is 20.9 Å². The number of ether oxygens (including phenoxy) is 2. The van der Waals surface area contributed by atoms with Crippen molar-refractivity contribution in [2.24, 2.45) is 11.5 Å². The molecule has 1 aromatic carbocycles. The molecule has 0 aliphatic carbocycles. The van der Waals surface area contributed by atoms with Crippen molar-refractivity contribution in [1.82, 2.24) is 0 Å². The van der Waals surface area contributed by atoms with Crippen LogP contribution in [0.1, 0.15) is 23.6 Å². The van der Waals surface area contributed by atoms with Crippen molar-refractivity contribution < 1.29 is 9.47 Å². The van der Waals surface area contributed by atoms with Crippen LogP contribution in [-0.2, 0) is 0 Å². The van der Waals surface area contributed by atoms with Crippen molar-refractivity contribution in [1.29, 1.82) is 0 Å². The summed E-state index contributed by atoms with van der Waals surface area (Å²) in [6.45, 7) is 2.91. The van der Waals surface area contributed by atoms with Gasteiger partial charge in [-0.05, 0) is 43.1 Å². The maximum atomic E-state index is 6.02. The van der Waals surface area contributed by atoms with Gasteiger partial charge < -0.3 is 20.9 Å². The van der Waals surface area contributed by atoms with Gasteiger partial charge >= 0.3 is 0 Å². The fourth-order valence-electron chi connectivity index (χ4n) is 1.79. The normalized spacial score (nSPS) is 15.4. The lowest BCUT2D eigenvalue weighted by Gasteiger charge is -2.14. The Morgan fingerprint density at radius 2 is 2.00 bits per heavy atom. The second-order valence-electron chi connectivity index (χ2n) is 3.75. The summed E-state index contributed by atoms with van der Waals surface area (Å²) in [6, 6.07) is 3.90. The van der Waals surface area contributed by atoms with Gasteiger partial charge in [0.25, 0.3) is 0 Å². The molecule has 1 heterocycles.